The fraction of sp³-hybridized carbons (Fsp3) is 0.545. The Morgan fingerprint density at radius 3 is 2.82 bits per heavy atom. The van der Waals surface area contributed by atoms with Crippen LogP contribution in [-0.2, 0) is 0 Å². The summed E-state index contributed by atoms with van der Waals surface area (Å²) in [5.41, 5.74) is 1.63. The molecule has 3 rings (SSSR count). The first-order valence-electron chi connectivity index (χ1n) is 5.87. The SMILES string of the molecule is CNc1nc(Cl)nc2ncn(C3CCCC3)c12. The average Bonchev–Trinajstić information content (AvgIpc) is 2.94. The largest absolute Gasteiger partial charge is 0.371 e. The van der Waals surface area contributed by atoms with Crippen LogP contribution >= 0.6 is 11.6 Å². The van der Waals surface area contributed by atoms with Crippen molar-refractivity contribution in [3.8, 4) is 0 Å². The van der Waals surface area contributed by atoms with Crippen molar-refractivity contribution in [1.82, 2.24) is 19.5 Å². The fourth-order valence-corrected chi connectivity index (χ4v) is 2.72. The summed E-state index contributed by atoms with van der Waals surface area (Å²) in [4.78, 5) is 12.7. The molecule has 2 aromatic heterocycles. The van der Waals surface area contributed by atoms with E-state index in [1.807, 2.05) is 13.4 Å². The number of nitrogens with zero attached hydrogens (tertiary/aromatic N) is 4. The normalized spacial score (nSPS) is 16.8. The molecule has 6 heteroatoms. The summed E-state index contributed by atoms with van der Waals surface area (Å²) in [6.45, 7) is 0. The molecule has 0 amide bonds. The number of anilines is 1. The van der Waals surface area contributed by atoms with Gasteiger partial charge in [-0.3, -0.25) is 0 Å². The van der Waals surface area contributed by atoms with Gasteiger partial charge in [-0.05, 0) is 24.4 Å². The van der Waals surface area contributed by atoms with E-state index in [0.29, 0.717) is 11.7 Å². The molecule has 1 fully saturated rings. The van der Waals surface area contributed by atoms with E-state index in [9.17, 15) is 0 Å². The van der Waals surface area contributed by atoms with Crippen LogP contribution in [0.15, 0.2) is 6.33 Å². The number of halogens is 1. The van der Waals surface area contributed by atoms with Gasteiger partial charge in [0.05, 0.1) is 6.33 Å². The van der Waals surface area contributed by atoms with Crippen molar-refractivity contribution in [1.29, 1.82) is 0 Å². The van der Waals surface area contributed by atoms with Crippen LogP contribution in [0.2, 0.25) is 5.28 Å². The first-order chi connectivity index (χ1) is 8.29. The number of rotatable bonds is 2. The summed E-state index contributed by atoms with van der Waals surface area (Å²) in [6.07, 6.45) is 6.84. The lowest BCUT2D eigenvalue weighted by atomic mass is 10.2. The summed E-state index contributed by atoms with van der Waals surface area (Å²) in [5.74, 6) is 0.754. The molecule has 0 aromatic carbocycles. The number of aromatic nitrogens is 4. The highest BCUT2D eigenvalue weighted by atomic mass is 35.5. The van der Waals surface area contributed by atoms with E-state index in [4.69, 9.17) is 11.6 Å². The van der Waals surface area contributed by atoms with Gasteiger partial charge in [-0.25, -0.2) is 4.98 Å². The lowest BCUT2D eigenvalue weighted by molar-refractivity contribution is 0.532. The van der Waals surface area contributed by atoms with Gasteiger partial charge in [-0.1, -0.05) is 12.8 Å². The molecule has 2 aromatic rings. The molecular weight excluding hydrogens is 238 g/mol. The topological polar surface area (TPSA) is 55.6 Å². The molecule has 17 heavy (non-hydrogen) atoms. The van der Waals surface area contributed by atoms with Crippen molar-refractivity contribution >= 4 is 28.6 Å². The van der Waals surface area contributed by atoms with Crippen LogP contribution in [0.5, 0.6) is 0 Å². The Bertz CT molecular complexity index is 544. The lowest BCUT2D eigenvalue weighted by Gasteiger charge is -2.13. The van der Waals surface area contributed by atoms with Crippen LogP contribution in [0.1, 0.15) is 31.7 Å². The van der Waals surface area contributed by atoms with Crippen LogP contribution in [0.3, 0.4) is 0 Å². The summed E-state index contributed by atoms with van der Waals surface area (Å²) in [5, 5.41) is 3.30. The van der Waals surface area contributed by atoms with Crippen molar-refractivity contribution in [3.63, 3.8) is 0 Å². The number of imidazole rings is 1. The first kappa shape index (κ1) is 10.8. The molecule has 0 unspecified atom stereocenters. The van der Waals surface area contributed by atoms with E-state index < -0.39 is 0 Å². The zero-order valence-corrected chi connectivity index (χ0v) is 10.4. The Morgan fingerprint density at radius 1 is 1.35 bits per heavy atom. The minimum absolute atomic E-state index is 0.235. The van der Waals surface area contributed by atoms with Crippen molar-refractivity contribution in [2.24, 2.45) is 0 Å². The maximum atomic E-state index is 5.86. The third-order valence-electron chi connectivity index (χ3n) is 3.36. The van der Waals surface area contributed by atoms with Gasteiger partial charge in [-0.15, -0.1) is 0 Å². The molecule has 90 valence electrons. The maximum absolute atomic E-state index is 5.86. The van der Waals surface area contributed by atoms with E-state index in [2.05, 4.69) is 24.8 Å². The molecule has 1 aliphatic carbocycles. The predicted molar refractivity (Wildman–Crippen MR) is 67.4 cm³/mol. The zero-order valence-electron chi connectivity index (χ0n) is 9.65. The van der Waals surface area contributed by atoms with Gasteiger partial charge in [-0.2, -0.15) is 9.97 Å². The molecule has 1 N–H and O–H groups in total. The standard InChI is InChI=1S/C11H14ClN5/c1-13-9-8-10(16-11(12)15-9)14-6-17(8)7-4-2-3-5-7/h6-7H,2-5H2,1H3,(H,13,15,16). The monoisotopic (exact) mass is 251 g/mol. The Morgan fingerprint density at radius 2 is 2.12 bits per heavy atom. The van der Waals surface area contributed by atoms with Crippen LogP contribution in [-0.4, -0.2) is 26.6 Å². The van der Waals surface area contributed by atoms with Crippen LogP contribution in [0.4, 0.5) is 5.82 Å². The number of hydrogen-bond donors (Lipinski definition) is 1. The quantitative estimate of drug-likeness (QED) is 0.834. The van der Waals surface area contributed by atoms with Crippen molar-refractivity contribution in [3.05, 3.63) is 11.6 Å². The van der Waals surface area contributed by atoms with Crippen LogP contribution in [0.25, 0.3) is 11.2 Å². The summed E-state index contributed by atoms with van der Waals surface area (Å²) in [7, 11) is 1.84. The molecule has 0 bridgehead atoms. The molecule has 0 saturated heterocycles. The second-order valence-electron chi connectivity index (χ2n) is 4.35. The molecule has 0 aliphatic heterocycles. The van der Waals surface area contributed by atoms with E-state index in [-0.39, 0.29) is 5.28 Å². The van der Waals surface area contributed by atoms with Gasteiger partial charge >= 0.3 is 0 Å². The van der Waals surface area contributed by atoms with Gasteiger partial charge in [0.25, 0.3) is 0 Å². The van der Waals surface area contributed by atoms with Crippen molar-refractivity contribution < 1.29 is 0 Å². The number of fused-ring (bicyclic) bond motifs is 1. The Labute approximate surface area is 104 Å². The third kappa shape index (κ3) is 1.74. The Kier molecular flexibility index (Phi) is 2.63. The lowest BCUT2D eigenvalue weighted by Crippen LogP contribution is -2.06. The van der Waals surface area contributed by atoms with Gasteiger partial charge in [0.2, 0.25) is 5.28 Å². The highest BCUT2D eigenvalue weighted by Gasteiger charge is 2.21. The van der Waals surface area contributed by atoms with Gasteiger partial charge in [0.1, 0.15) is 5.52 Å². The van der Waals surface area contributed by atoms with E-state index >= 15 is 0 Å². The summed E-state index contributed by atoms with van der Waals surface area (Å²) >= 11 is 5.86. The highest BCUT2D eigenvalue weighted by Crippen LogP contribution is 2.33. The van der Waals surface area contributed by atoms with Crippen molar-refractivity contribution in [2.45, 2.75) is 31.7 Å². The molecule has 1 saturated carbocycles. The fourth-order valence-electron chi connectivity index (χ4n) is 2.55. The molecule has 0 radical (unpaired) electrons. The first-order valence-corrected chi connectivity index (χ1v) is 6.25. The van der Waals surface area contributed by atoms with Gasteiger partial charge in [0.15, 0.2) is 11.5 Å². The number of nitrogens with one attached hydrogen (secondary N) is 1. The molecule has 5 nitrogen and oxygen atoms in total. The summed E-state index contributed by atoms with van der Waals surface area (Å²) < 4.78 is 2.19. The zero-order chi connectivity index (χ0) is 11.8. The van der Waals surface area contributed by atoms with Gasteiger partial charge in [0, 0.05) is 13.1 Å². The summed E-state index contributed by atoms with van der Waals surface area (Å²) in [6, 6.07) is 0.525. The van der Waals surface area contributed by atoms with E-state index in [0.717, 1.165) is 11.3 Å². The van der Waals surface area contributed by atoms with Crippen LogP contribution in [0, 0.1) is 0 Å². The Hall–Kier alpha value is -1.36. The average molecular weight is 252 g/mol. The minimum Gasteiger partial charge on any atom is -0.371 e. The Balaban J connectivity index is 2.18. The number of hydrogen-bond acceptors (Lipinski definition) is 4. The molecular formula is C11H14ClN5. The predicted octanol–water partition coefficient (Wildman–Crippen LogP) is 2.64. The second-order valence-corrected chi connectivity index (χ2v) is 4.69. The van der Waals surface area contributed by atoms with E-state index in [1.165, 1.54) is 25.7 Å². The molecule has 2 heterocycles. The van der Waals surface area contributed by atoms with Gasteiger partial charge < -0.3 is 9.88 Å². The van der Waals surface area contributed by atoms with E-state index in [1.54, 1.807) is 0 Å². The van der Waals surface area contributed by atoms with Crippen LogP contribution < -0.4 is 5.32 Å². The molecule has 0 atom stereocenters. The second kappa shape index (κ2) is 4.14. The smallest absolute Gasteiger partial charge is 0.226 e. The highest BCUT2D eigenvalue weighted by molar-refractivity contribution is 6.28. The third-order valence-corrected chi connectivity index (χ3v) is 3.52. The molecule has 0 spiro atoms. The molecule has 1 aliphatic rings. The minimum atomic E-state index is 0.235. The van der Waals surface area contributed by atoms with Crippen molar-refractivity contribution in [2.75, 3.05) is 12.4 Å². The maximum Gasteiger partial charge on any atom is 0.226 e.